The molecular formula is C53H31N3O. The van der Waals surface area contributed by atoms with Gasteiger partial charge in [-0.3, -0.25) is 0 Å². The minimum absolute atomic E-state index is 0.659. The van der Waals surface area contributed by atoms with E-state index in [1.165, 1.54) is 26.9 Å². The van der Waals surface area contributed by atoms with Crippen LogP contribution in [0.5, 0.6) is 0 Å². The van der Waals surface area contributed by atoms with E-state index in [9.17, 15) is 0 Å². The highest BCUT2D eigenvalue weighted by Gasteiger charge is 2.18. The molecule has 0 aliphatic rings. The van der Waals surface area contributed by atoms with Crippen LogP contribution in [0.3, 0.4) is 0 Å². The second-order valence-corrected chi connectivity index (χ2v) is 14.7. The largest absolute Gasteiger partial charge is 0.438 e. The van der Waals surface area contributed by atoms with E-state index in [0.29, 0.717) is 11.5 Å². The van der Waals surface area contributed by atoms with E-state index in [4.69, 9.17) is 19.4 Å². The van der Waals surface area contributed by atoms with Crippen LogP contribution < -0.4 is 0 Å². The zero-order valence-corrected chi connectivity index (χ0v) is 30.6. The van der Waals surface area contributed by atoms with Crippen LogP contribution in [0.1, 0.15) is 0 Å². The Morgan fingerprint density at radius 1 is 0.333 bits per heavy atom. The average Bonchev–Trinajstić information content (AvgIpc) is 3.67. The SMILES string of the molecule is c1ccc(-c2cc(-c3ccc(-c4ccc(-c5nc6oc7ccccc7c6c6ccccc56)cc4)cc3)nc(-c3ccc4ccc5cccc6ccc3c4c56)n2)cc1. The third kappa shape index (κ3) is 5.04. The van der Waals surface area contributed by atoms with Gasteiger partial charge in [-0.1, -0.05) is 170 Å². The maximum Gasteiger partial charge on any atom is 0.228 e. The molecule has 0 saturated carbocycles. The minimum atomic E-state index is 0.659. The molecular weight excluding hydrogens is 695 g/mol. The van der Waals surface area contributed by atoms with E-state index < -0.39 is 0 Å². The molecule has 57 heavy (non-hydrogen) atoms. The fraction of sp³-hybridized carbons (Fsp3) is 0. The summed E-state index contributed by atoms with van der Waals surface area (Å²) in [6.07, 6.45) is 0. The molecule has 0 saturated heterocycles. The van der Waals surface area contributed by atoms with Crippen LogP contribution in [-0.2, 0) is 0 Å². The summed E-state index contributed by atoms with van der Waals surface area (Å²) in [7, 11) is 0. The van der Waals surface area contributed by atoms with Gasteiger partial charge < -0.3 is 4.42 Å². The van der Waals surface area contributed by atoms with E-state index in [0.717, 1.165) is 83.0 Å². The van der Waals surface area contributed by atoms with Crippen molar-refractivity contribution in [3.63, 3.8) is 0 Å². The topological polar surface area (TPSA) is 51.8 Å². The van der Waals surface area contributed by atoms with Crippen LogP contribution in [0, 0.1) is 0 Å². The lowest BCUT2D eigenvalue weighted by molar-refractivity contribution is 0.655. The summed E-state index contributed by atoms with van der Waals surface area (Å²) in [5.74, 6) is 0.714. The number of pyridine rings is 1. The Kier molecular flexibility index (Phi) is 6.89. The minimum Gasteiger partial charge on any atom is -0.438 e. The maximum absolute atomic E-state index is 6.25. The predicted octanol–water partition coefficient (Wildman–Crippen LogP) is 14.2. The molecule has 12 rings (SSSR count). The number of hydrogen-bond donors (Lipinski definition) is 0. The van der Waals surface area contributed by atoms with Gasteiger partial charge in [0.1, 0.15) is 5.58 Å². The van der Waals surface area contributed by atoms with E-state index in [1.807, 2.05) is 24.3 Å². The quantitative estimate of drug-likeness (QED) is 0.166. The van der Waals surface area contributed by atoms with Crippen LogP contribution in [0.15, 0.2) is 192 Å². The summed E-state index contributed by atoms with van der Waals surface area (Å²) < 4.78 is 6.25. The predicted molar refractivity (Wildman–Crippen MR) is 235 cm³/mol. The molecule has 0 radical (unpaired) electrons. The van der Waals surface area contributed by atoms with Gasteiger partial charge in [0.25, 0.3) is 0 Å². The van der Waals surface area contributed by atoms with Crippen molar-refractivity contribution >= 4 is 65.2 Å². The lowest BCUT2D eigenvalue weighted by Gasteiger charge is -2.15. The molecule has 3 aromatic heterocycles. The summed E-state index contributed by atoms with van der Waals surface area (Å²) in [4.78, 5) is 15.5. The third-order valence-corrected chi connectivity index (χ3v) is 11.5. The molecule has 3 heterocycles. The third-order valence-electron chi connectivity index (χ3n) is 11.5. The Morgan fingerprint density at radius 3 is 1.63 bits per heavy atom. The lowest BCUT2D eigenvalue weighted by atomic mass is 9.91. The highest BCUT2D eigenvalue weighted by molar-refractivity contribution is 6.25. The molecule has 0 aliphatic heterocycles. The van der Waals surface area contributed by atoms with Crippen LogP contribution in [0.4, 0.5) is 0 Å². The van der Waals surface area contributed by atoms with Gasteiger partial charge in [-0.25, -0.2) is 15.0 Å². The number of fused-ring (bicyclic) bond motifs is 5. The van der Waals surface area contributed by atoms with Crippen LogP contribution in [0.25, 0.3) is 121 Å². The normalized spacial score (nSPS) is 11.9. The molecule has 264 valence electrons. The molecule has 0 unspecified atom stereocenters. The van der Waals surface area contributed by atoms with Crippen molar-refractivity contribution < 1.29 is 4.42 Å². The van der Waals surface area contributed by atoms with Gasteiger partial charge in [-0.15, -0.1) is 0 Å². The molecule has 0 spiro atoms. The van der Waals surface area contributed by atoms with Crippen molar-refractivity contribution in [2.45, 2.75) is 0 Å². The van der Waals surface area contributed by atoms with Crippen molar-refractivity contribution in [2.75, 3.05) is 0 Å². The van der Waals surface area contributed by atoms with Gasteiger partial charge in [0.05, 0.1) is 22.5 Å². The van der Waals surface area contributed by atoms with Crippen LogP contribution in [-0.4, -0.2) is 15.0 Å². The number of nitrogens with zero attached hydrogens (tertiary/aromatic N) is 3. The first kappa shape index (κ1) is 31.6. The average molecular weight is 726 g/mol. The zero-order chi connectivity index (χ0) is 37.5. The summed E-state index contributed by atoms with van der Waals surface area (Å²) in [5.41, 5.74) is 10.6. The Bertz CT molecular complexity index is 3480. The first-order chi connectivity index (χ1) is 28.2. The number of aromatic nitrogens is 3. The molecule has 0 atom stereocenters. The van der Waals surface area contributed by atoms with Crippen molar-refractivity contribution in [1.82, 2.24) is 15.0 Å². The van der Waals surface area contributed by atoms with Crippen molar-refractivity contribution in [2.24, 2.45) is 0 Å². The second-order valence-electron chi connectivity index (χ2n) is 14.7. The zero-order valence-electron chi connectivity index (χ0n) is 30.6. The first-order valence-electron chi connectivity index (χ1n) is 19.3. The van der Waals surface area contributed by atoms with Crippen molar-refractivity contribution in [1.29, 1.82) is 0 Å². The molecule has 9 aromatic carbocycles. The number of rotatable bonds is 5. The highest BCUT2D eigenvalue weighted by atomic mass is 16.3. The number of benzene rings is 9. The van der Waals surface area contributed by atoms with Crippen LogP contribution >= 0.6 is 0 Å². The van der Waals surface area contributed by atoms with E-state index in [2.05, 4.69) is 164 Å². The Balaban J connectivity index is 0.931. The van der Waals surface area contributed by atoms with Crippen molar-refractivity contribution in [3.8, 4) is 56.3 Å². The lowest BCUT2D eigenvalue weighted by Crippen LogP contribution is -1.97. The van der Waals surface area contributed by atoms with E-state index >= 15 is 0 Å². The number of furan rings is 1. The van der Waals surface area contributed by atoms with Gasteiger partial charge in [0, 0.05) is 33.0 Å². The number of hydrogen-bond acceptors (Lipinski definition) is 4. The van der Waals surface area contributed by atoms with Gasteiger partial charge in [-0.2, -0.15) is 0 Å². The maximum atomic E-state index is 6.25. The van der Waals surface area contributed by atoms with Crippen LogP contribution in [0.2, 0.25) is 0 Å². The number of para-hydroxylation sites is 1. The standard InChI is InChI=1S/C53H31N3O/c1-2-9-34(10-3-1)45-31-46(55-52(54-45)43-30-28-38-24-23-36-11-8-12-37-27-29-41(43)49(38)48(36)37)35-21-17-32(18-22-35)33-19-25-39(26-20-33)51-42-14-5-4-13-40(42)50-44-15-6-7-16-47(44)57-53(50)56-51/h1-31H. The smallest absolute Gasteiger partial charge is 0.228 e. The Morgan fingerprint density at radius 2 is 0.895 bits per heavy atom. The molecule has 0 N–H and O–H groups in total. The molecule has 0 bridgehead atoms. The first-order valence-corrected chi connectivity index (χ1v) is 19.3. The van der Waals surface area contributed by atoms with E-state index in [1.54, 1.807) is 0 Å². The summed E-state index contributed by atoms with van der Waals surface area (Å²) in [5, 5.41) is 11.8. The Labute approximate surface area is 327 Å². The fourth-order valence-corrected chi connectivity index (χ4v) is 8.72. The monoisotopic (exact) mass is 725 g/mol. The second kappa shape index (κ2) is 12.4. The molecule has 0 aliphatic carbocycles. The molecule has 0 amide bonds. The molecule has 12 aromatic rings. The van der Waals surface area contributed by atoms with Gasteiger partial charge in [0.15, 0.2) is 5.82 Å². The van der Waals surface area contributed by atoms with Gasteiger partial charge in [-0.05, 0) is 67.0 Å². The summed E-state index contributed by atoms with van der Waals surface area (Å²) in [6, 6.07) is 66.3. The van der Waals surface area contributed by atoms with E-state index in [-0.39, 0.29) is 0 Å². The summed E-state index contributed by atoms with van der Waals surface area (Å²) in [6.45, 7) is 0. The molecule has 0 fully saturated rings. The molecule has 4 nitrogen and oxygen atoms in total. The molecule has 4 heteroatoms. The Hall–Kier alpha value is -7.69. The highest BCUT2D eigenvalue weighted by Crippen LogP contribution is 2.41. The fourth-order valence-electron chi connectivity index (χ4n) is 8.72. The van der Waals surface area contributed by atoms with Gasteiger partial charge >= 0.3 is 0 Å². The summed E-state index contributed by atoms with van der Waals surface area (Å²) >= 11 is 0. The van der Waals surface area contributed by atoms with Gasteiger partial charge in [0.2, 0.25) is 5.71 Å². The van der Waals surface area contributed by atoms with Crippen molar-refractivity contribution in [3.05, 3.63) is 188 Å².